The average Bonchev–Trinajstić information content (AvgIpc) is 1.86. The van der Waals surface area contributed by atoms with Crippen molar-refractivity contribution in [3.63, 3.8) is 0 Å². The van der Waals surface area contributed by atoms with Gasteiger partial charge in [0, 0.05) is 16.4 Å². The number of hydrogen-bond donors (Lipinski definition) is 2. The summed E-state index contributed by atoms with van der Waals surface area (Å²) < 4.78 is 0. The summed E-state index contributed by atoms with van der Waals surface area (Å²) in [5.41, 5.74) is 6.23. The number of carboxylic acid groups (broad SMARTS) is 1. The monoisotopic (exact) mass is 175 g/mol. The predicted octanol–water partition coefficient (Wildman–Crippen LogP) is 1.40. The molecule has 0 saturated carbocycles. The van der Waals surface area contributed by atoms with Crippen LogP contribution in [0.3, 0.4) is 0 Å². The predicted molar refractivity (Wildman–Crippen MR) is 47.3 cm³/mol. The van der Waals surface area contributed by atoms with Crippen LogP contribution in [0.4, 0.5) is 0 Å². The summed E-state index contributed by atoms with van der Waals surface area (Å²) in [4.78, 5) is 11.1. The molecule has 0 aromatic rings. The lowest BCUT2D eigenvalue weighted by Crippen LogP contribution is -1.98. The first kappa shape index (κ1) is 10.4. The Kier molecular flexibility index (Phi) is 4.77. The lowest BCUT2D eigenvalue weighted by molar-refractivity contribution is -0.136. The Morgan fingerprint density at radius 2 is 2.09 bits per heavy atom. The van der Waals surface area contributed by atoms with Gasteiger partial charge in [-0.15, -0.1) is 11.8 Å². The summed E-state index contributed by atoms with van der Waals surface area (Å²) in [5.74, 6) is -0.171. The van der Waals surface area contributed by atoms with Crippen LogP contribution in [0.2, 0.25) is 0 Å². The van der Waals surface area contributed by atoms with E-state index in [1.807, 2.05) is 13.8 Å². The number of hydrogen-bond acceptors (Lipinski definition) is 3. The van der Waals surface area contributed by atoms with Crippen molar-refractivity contribution in [1.29, 1.82) is 0 Å². The van der Waals surface area contributed by atoms with Crippen molar-refractivity contribution in [2.24, 2.45) is 5.73 Å². The van der Waals surface area contributed by atoms with Crippen molar-refractivity contribution < 1.29 is 9.90 Å². The lowest BCUT2D eigenvalue weighted by Gasteiger charge is -2.00. The van der Waals surface area contributed by atoms with E-state index in [9.17, 15) is 4.79 Å². The summed E-state index contributed by atoms with van der Waals surface area (Å²) in [6.07, 6.45) is 0.190. The van der Waals surface area contributed by atoms with E-state index in [0.29, 0.717) is 5.75 Å². The number of allylic oxidation sites excluding steroid dienone is 2. The summed E-state index contributed by atoms with van der Waals surface area (Å²) in [7, 11) is 0. The molecule has 0 bridgehead atoms. The number of nitrogens with two attached hydrogens (primary N) is 1. The van der Waals surface area contributed by atoms with Crippen molar-refractivity contribution in [2.75, 3.05) is 5.75 Å². The van der Waals surface area contributed by atoms with Gasteiger partial charge in [0.1, 0.15) is 0 Å². The Morgan fingerprint density at radius 3 is 2.45 bits per heavy atom. The van der Waals surface area contributed by atoms with Crippen LogP contribution in [-0.4, -0.2) is 16.8 Å². The standard InChI is InChI=1S/C7H13NO2S/c1-5(8)6(2)11-4-3-7(9)10/h3-4,8H2,1-2H3,(H,9,10)/b6-5-. The van der Waals surface area contributed by atoms with E-state index in [2.05, 4.69) is 0 Å². The molecule has 0 aromatic carbocycles. The number of carbonyl (C=O) groups is 1. The van der Waals surface area contributed by atoms with Crippen molar-refractivity contribution in [2.45, 2.75) is 20.3 Å². The molecule has 0 spiro atoms. The maximum absolute atomic E-state index is 10.1. The minimum atomic E-state index is -0.764. The van der Waals surface area contributed by atoms with E-state index in [1.165, 1.54) is 11.8 Å². The van der Waals surface area contributed by atoms with Crippen LogP contribution >= 0.6 is 11.8 Å². The molecule has 0 amide bonds. The van der Waals surface area contributed by atoms with Gasteiger partial charge in [0.25, 0.3) is 0 Å². The maximum atomic E-state index is 10.1. The molecule has 0 aliphatic rings. The van der Waals surface area contributed by atoms with E-state index >= 15 is 0 Å². The Hall–Kier alpha value is -0.640. The molecule has 0 rings (SSSR count). The molecular formula is C7H13NO2S. The van der Waals surface area contributed by atoms with Crippen LogP contribution in [0.5, 0.6) is 0 Å². The topological polar surface area (TPSA) is 63.3 Å². The molecule has 0 aromatic heterocycles. The molecule has 3 nitrogen and oxygen atoms in total. The molecule has 0 fully saturated rings. The van der Waals surface area contributed by atoms with Crippen LogP contribution in [0.15, 0.2) is 10.6 Å². The van der Waals surface area contributed by atoms with Crippen LogP contribution in [-0.2, 0) is 4.79 Å². The lowest BCUT2D eigenvalue weighted by atomic mass is 10.5. The minimum Gasteiger partial charge on any atom is -0.481 e. The van der Waals surface area contributed by atoms with Gasteiger partial charge in [0.05, 0.1) is 6.42 Å². The average molecular weight is 175 g/mol. The third-order valence-corrected chi connectivity index (χ3v) is 2.35. The van der Waals surface area contributed by atoms with Gasteiger partial charge in [-0.3, -0.25) is 4.79 Å². The first-order valence-electron chi connectivity index (χ1n) is 3.31. The summed E-state index contributed by atoms with van der Waals surface area (Å²) in [6, 6.07) is 0. The molecule has 0 aliphatic carbocycles. The molecule has 0 saturated heterocycles. The van der Waals surface area contributed by atoms with Crippen molar-refractivity contribution in [3.05, 3.63) is 10.6 Å². The van der Waals surface area contributed by atoms with Gasteiger partial charge >= 0.3 is 5.97 Å². The minimum absolute atomic E-state index is 0.190. The fourth-order valence-corrected chi connectivity index (χ4v) is 1.22. The smallest absolute Gasteiger partial charge is 0.304 e. The van der Waals surface area contributed by atoms with Crippen molar-refractivity contribution in [3.8, 4) is 0 Å². The quantitative estimate of drug-likeness (QED) is 0.678. The molecule has 64 valence electrons. The molecule has 3 N–H and O–H groups in total. The first-order chi connectivity index (χ1) is 5.04. The zero-order valence-electron chi connectivity index (χ0n) is 6.76. The van der Waals surface area contributed by atoms with Gasteiger partial charge in [-0.1, -0.05) is 0 Å². The first-order valence-corrected chi connectivity index (χ1v) is 4.30. The van der Waals surface area contributed by atoms with E-state index < -0.39 is 5.97 Å². The third kappa shape index (κ3) is 5.79. The third-order valence-electron chi connectivity index (χ3n) is 1.19. The number of carboxylic acids is 1. The molecule has 0 radical (unpaired) electrons. The van der Waals surface area contributed by atoms with Gasteiger partial charge < -0.3 is 10.8 Å². The van der Waals surface area contributed by atoms with Crippen molar-refractivity contribution >= 4 is 17.7 Å². The van der Waals surface area contributed by atoms with Crippen molar-refractivity contribution in [1.82, 2.24) is 0 Å². The van der Waals surface area contributed by atoms with E-state index in [4.69, 9.17) is 10.8 Å². The molecule has 11 heavy (non-hydrogen) atoms. The second kappa shape index (κ2) is 5.07. The Labute approximate surface area is 70.7 Å². The van der Waals surface area contributed by atoms with E-state index in [1.54, 1.807) is 0 Å². The Bertz CT molecular complexity index is 173. The normalized spacial score (nSPS) is 12.5. The zero-order chi connectivity index (χ0) is 8.85. The Morgan fingerprint density at radius 1 is 1.55 bits per heavy atom. The fraction of sp³-hybridized carbons (Fsp3) is 0.571. The zero-order valence-corrected chi connectivity index (χ0v) is 7.57. The van der Waals surface area contributed by atoms with Gasteiger partial charge in [0.15, 0.2) is 0 Å². The maximum Gasteiger partial charge on any atom is 0.304 e. The molecule has 0 unspecified atom stereocenters. The summed E-state index contributed by atoms with van der Waals surface area (Å²) in [5, 5.41) is 8.30. The van der Waals surface area contributed by atoms with Gasteiger partial charge in [0.2, 0.25) is 0 Å². The van der Waals surface area contributed by atoms with E-state index in [-0.39, 0.29) is 6.42 Å². The van der Waals surface area contributed by atoms with Gasteiger partial charge in [-0.25, -0.2) is 0 Å². The highest BCUT2D eigenvalue weighted by Crippen LogP contribution is 2.16. The molecule has 0 aliphatic heterocycles. The fourth-order valence-electron chi connectivity index (χ4n) is 0.405. The van der Waals surface area contributed by atoms with Crippen LogP contribution in [0.1, 0.15) is 20.3 Å². The molecular weight excluding hydrogens is 162 g/mol. The number of thioether (sulfide) groups is 1. The second-order valence-corrected chi connectivity index (χ2v) is 3.54. The van der Waals surface area contributed by atoms with Gasteiger partial charge in [-0.05, 0) is 13.8 Å². The van der Waals surface area contributed by atoms with Gasteiger partial charge in [-0.2, -0.15) is 0 Å². The largest absolute Gasteiger partial charge is 0.481 e. The summed E-state index contributed by atoms with van der Waals surface area (Å²) in [6.45, 7) is 3.70. The molecule has 4 heteroatoms. The van der Waals surface area contributed by atoms with E-state index in [0.717, 1.165) is 10.6 Å². The van der Waals surface area contributed by atoms with Crippen LogP contribution < -0.4 is 5.73 Å². The molecule has 0 heterocycles. The SMILES string of the molecule is C/C(N)=C(\C)SCCC(=O)O. The summed E-state index contributed by atoms with van der Waals surface area (Å²) >= 11 is 1.49. The highest BCUT2D eigenvalue weighted by Gasteiger charge is 1.98. The number of aliphatic carboxylic acids is 1. The van der Waals surface area contributed by atoms with Crippen LogP contribution in [0.25, 0.3) is 0 Å². The second-order valence-electron chi connectivity index (χ2n) is 2.23. The highest BCUT2D eigenvalue weighted by molar-refractivity contribution is 8.03. The molecule has 0 atom stereocenters. The van der Waals surface area contributed by atoms with Crippen LogP contribution in [0, 0.1) is 0 Å². The Balaban J connectivity index is 3.56. The number of rotatable bonds is 4. The highest BCUT2D eigenvalue weighted by atomic mass is 32.2.